The van der Waals surface area contributed by atoms with Crippen LogP contribution in [0, 0.1) is 0 Å². The molecule has 1 heterocycles. The van der Waals surface area contributed by atoms with E-state index >= 15 is 0 Å². The molecule has 44 heavy (non-hydrogen) atoms. The molecule has 0 saturated carbocycles. The van der Waals surface area contributed by atoms with Crippen LogP contribution in [0.3, 0.4) is 0 Å². The maximum atomic E-state index is 14.2. The van der Waals surface area contributed by atoms with Gasteiger partial charge >= 0.3 is 0 Å². The lowest BCUT2D eigenvalue weighted by Gasteiger charge is -2.24. The van der Waals surface area contributed by atoms with E-state index in [-0.39, 0.29) is 22.8 Å². The summed E-state index contributed by atoms with van der Waals surface area (Å²) in [7, 11) is -4.04. The molecule has 0 spiro atoms. The van der Waals surface area contributed by atoms with E-state index < -0.39 is 7.37 Å². The highest BCUT2D eigenvalue weighted by molar-refractivity contribution is 7.73. The van der Waals surface area contributed by atoms with Crippen molar-refractivity contribution >= 4 is 18.0 Å². The van der Waals surface area contributed by atoms with Gasteiger partial charge in [0, 0.05) is 0 Å². The highest BCUT2D eigenvalue weighted by Crippen LogP contribution is 2.44. The molecular weight excluding hydrogens is 575 g/mol. The Labute approximate surface area is 266 Å². The van der Waals surface area contributed by atoms with E-state index in [0.29, 0.717) is 51.1 Å². The molecule has 0 radical (unpaired) electrons. The van der Waals surface area contributed by atoms with E-state index in [9.17, 15) is 9.46 Å². The summed E-state index contributed by atoms with van der Waals surface area (Å²) in [5.41, 5.74) is 0. The zero-order valence-electron chi connectivity index (χ0n) is 27.3. The Morgan fingerprint density at radius 2 is 1.02 bits per heavy atom. The molecule has 1 aliphatic rings. The van der Waals surface area contributed by atoms with Gasteiger partial charge in [0.2, 0.25) is 0 Å². The first-order valence-electron chi connectivity index (χ1n) is 17.1. The van der Waals surface area contributed by atoms with Crippen LogP contribution in [-0.4, -0.2) is 56.7 Å². The number of para-hydroxylation sites is 2. The SMILES string of the molecule is CCCCCCCC[C@H]1COc2ccccc2P(=O)(O)c2ccccc2OC[C@H](CCCCCCCC)OCCOCCO1. The van der Waals surface area contributed by atoms with Crippen molar-refractivity contribution < 1.29 is 33.1 Å². The fourth-order valence-electron chi connectivity index (χ4n) is 5.54. The van der Waals surface area contributed by atoms with Crippen molar-refractivity contribution in [3.05, 3.63) is 48.5 Å². The maximum Gasteiger partial charge on any atom is 0.266 e. The molecule has 1 N–H and O–H groups in total. The van der Waals surface area contributed by atoms with E-state index in [1.165, 1.54) is 51.4 Å². The van der Waals surface area contributed by atoms with Gasteiger partial charge in [-0.25, -0.2) is 0 Å². The number of ether oxygens (including phenoxy) is 5. The van der Waals surface area contributed by atoms with Crippen molar-refractivity contribution in [3.63, 3.8) is 0 Å². The predicted octanol–water partition coefficient (Wildman–Crippen LogP) is 7.97. The summed E-state index contributed by atoms with van der Waals surface area (Å²) in [6.45, 7) is 6.93. The van der Waals surface area contributed by atoms with Crippen LogP contribution in [0.25, 0.3) is 0 Å². The highest BCUT2D eigenvalue weighted by Gasteiger charge is 2.32. The van der Waals surface area contributed by atoms with Gasteiger partial charge in [-0.2, -0.15) is 0 Å². The minimum atomic E-state index is -4.04. The van der Waals surface area contributed by atoms with Crippen LogP contribution in [0.15, 0.2) is 48.5 Å². The zero-order valence-corrected chi connectivity index (χ0v) is 28.2. The Hall–Kier alpha value is -1.89. The van der Waals surface area contributed by atoms with Gasteiger partial charge in [-0.15, -0.1) is 0 Å². The summed E-state index contributed by atoms with van der Waals surface area (Å²) in [6, 6.07) is 14.1. The standard InChI is InChI=1S/C36H57O7P/c1-3-5-7-9-11-13-19-31-29-42-33-21-15-17-23-35(33)44(37,38)36-24-18-16-22-34(36)43-30-32(20-14-12-10-8-6-4-2)41-28-26-39-25-27-40-31/h15-18,21-24,31-32H,3-14,19-20,25-30H2,1-2H3,(H,37,38)/t31-,32-/m0/s1. The van der Waals surface area contributed by atoms with Crippen molar-refractivity contribution in [2.24, 2.45) is 0 Å². The number of hydrogen-bond acceptors (Lipinski definition) is 6. The third-order valence-corrected chi connectivity index (χ3v) is 10.2. The lowest BCUT2D eigenvalue weighted by atomic mass is 10.1. The molecule has 2 atom stereocenters. The van der Waals surface area contributed by atoms with Crippen LogP contribution >= 0.6 is 7.37 Å². The van der Waals surface area contributed by atoms with Gasteiger partial charge < -0.3 is 28.6 Å². The van der Waals surface area contributed by atoms with Crippen molar-refractivity contribution in [2.75, 3.05) is 39.6 Å². The van der Waals surface area contributed by atoms with Crippen molar-refractivity contribution in [2.45, 2.75) is 116 Å². The minimum absolute atomic E-state index is 0.136. The van der Waals surface area contributed by atoms with Crippen LogP contribution in [0.4, 0.5) is 0 Å². The third kappa shape index (κ3) is 13.2. The number of unbranched alkanes of at least 4 members (excludes halogenated alkanes) is 10. The van der Waals surface area contributed by atoms with Crippen molar-refractivity contribution in [1.82, 2.24) is 0 Å². The number of rotatable bonds is 14. The second kappa shape index (κ2) is 21.8. The number of benzene rings is 2. The third-order valence-electron chi connectivity index (χ3n) is 8.15. The quantitative estimate of drug-likeness (QED) is 0.167. The van der Waals surface area contributed by atoms with E-state index in [1.54, 1.807) is 36.4 Å². The van der Waals surface area contributed by atoms with E-state index in [4.69, 9.17) is 23.7 Å². The summed E-state index contributed by atoms with van der Waals surface area (Å²) < 4.78 is 44.9. The monoisotopic (exact) mass is 632 g/mol. The first-order chi connectivity index (χ1) is 21.6. The summed E-state index contributed by atoms with van der Waals surface area (Å²) in [5.74, 6) is 0.790. The molecule has 0 aromatic heterocycles. The van der Waals surface area contributed by atoms with Gasteiger partial charge in [0.1, 0.15) is 24.7 Å². The second-order valence-electron chi connectivity index (χ2n) is 11.8. The van der Waals surface area contributed by atoms with Gasteiger partial charge in [-0.1, -0.05) is 115 Å². The predicted molar refractivity (Wildman–Crippen MR) is 179 cm³/mol. The Morgan fingerprint density at radius 3 is 1.48 bits per heavy atom. The van der Waals surface area contributed by atoms with Gasteiger partial charge in [-0.05, 0) is 37.1 Å². The first kappa shape index (κ1) is 36.6. The molecule has 2 aromatic rings. The Kier molecular flexibility index (Phi) is 18.1. The smallest absolute Gasteiger partial charge is 0.266 e. The molecule has 0 saturated heterocycles. The van der Waals surface area contributed by atoms with Crippen LogP contribution in [0.1, 0.15) is 104 Å². The minimum Gasteiger partial charge on any atom is -0.490 e. The fraction of sp³-hybridized carbons (Fsp3) is 0.667. The molecular formula is C36H57O7P. The number of fused-ring (bicyclic) bond motifs is 2. The molecule has 3 rings (SSSR count). The largest absolute Gasteiger partial charge is 0.490 e. The summed E-state index contributed by atoms with van der Waals surface area (Å²) in [6.07, 6.45) is 15.9. The normalized spacial score (nSPS) is 19.9. The van der Waals surface area contributed by atoms with Crippen LogP contribution < -0.4 is 20.1 Å². The average molecular weight is 633 g/mol. The van der Waals surface area contributed by atoms with E-state index in [0.717, 1.165) is 38.5 Å². The molecule has 0 aliphatic carbocycles. The summed E-state index contributed by atoms with van der Waals surface area (Å²) in [4.78, 5) is 11.6. The lowest BCUT2D eigenvalue weighted by molar-refractivity contribution is -0.0445. The topological polar surface area (TPSA) is 83.5 Å². The molecule has 0 fully saturated rings. The molecule has 0 unspecified atom stereocenters. The average Bonchev–Trinajstić information content (AvgIpc) is 3.04. The molecule has 8 heteroatoms. The molecule has 2 aromatic carbocycles. The molecule has 1 aliphatic heterocycles. The zero-order chi connectivity index (χ0) is 31.3. The van der Waals surface area contributed by atoms with Crippen LogP contribution in [-0.2, 0) is 18.8 Å². The van der Waals surface area contributed by atoms with Gasteiger partial charge in [0.05, 0.1) is 49.2 Å². The Morgan fingerprint density at radius 1 is 0.614 bits per heavy atom. The maximum absolute atomic E-state index is 14.2. The molecule has 0 bridgehead atoms. The lowest BCUT2D eigenvalue weighted by Crippen LogP contribution is -2.28. The fourth-order valence-corrected chi connectivity index (χ4v) is 7.25. The van der Waals surface area contributed by atoms with Crippen molar-refractivity contribution in [3.8, 4) is 11.5 Å². The van der Waals surface area contributed by atoms with Crippen LogP contribution in [0.5, 0.6) is 11.5 Å². The van der Waals surface area contributed by atoms with Gasteiger partial charge in [-0.3, -0.25) is 4.57 Å². The van der Waals surface area contributed by atoms with Gasteiger partial charge in [0.25, 0.3) is 7.37 Å². The Bertz CT molecular complexity index is 998. The van der Waals surface area contributed by atoms with Gasteiger partial charge in [0.15, 0.2) is 0 Å². The molecule has 7 nitrogen and oxygen atoms in total. The Balaban J connectivity index is 1.75. The van der Waals surface area contributed by atoms with E-state index in [1.807, 2.05) is 12.1 Å². The van der Waals surface area contributed by atoms with E-state index in [2.05, 4.69) is 13.8 Å². The van der Waals surface area contributed by atoms with Crippen LogP contribution in [0.2, 0.25) is 0 Å². The first-order valence-corrected chi connectivity index (χ1v) is 18.8. The number of hydrogen-bond donors (Lipinski definition) is 1. The summed E-state index contributed by atoms with van der Waals surface area (Å²) >= 11 is 0. The highest BCUT2D eigenvalue weighted by atomic mass is 31.2. The molecule has 0 amide bonds. The molecule has 248 valence electrons. The summed E-state index contributed by atoms with van der Waals surface area (Å²) in [5, 5.41) is 0.525. The second-order valence-corrected chi connectivity index (χ2v) is 14.0. The van der Waals surface area contributed by atoms with Crippen molar-refractivity contribution in [1.29, 1.82) is 0 Å².